The first kappa shape index (κ1) is 27.0. The number of hydrogen-bond donors (Lipinski definition) is 7. The minimum absolute atomic E-state index is 0.196. The summed E-state index contributed by atoms with van der Waals surface area (Å²) < 4.78 is 0. The third kappa shape index (κ3) is 7.92. The number of aldehydes is 1. The topological polar surface area (TPSA) is 227 Å². The number of H-pyrrole nitrogens is 1. The van der Waals surface area contributed by atoms with Crippen LogP contribution in [0.5, 0.6) is 0 Å². The summed E-state index contributed by atoms with van der Waals surface area (Å²) in [7, 11) is 0. The van der Waals surface area contributed by atoms with Gasteiger partial charge >= 0.3 is 5.97 Å². The van der Waals surface area contributed by atoms with E-state index in [1.807, 2.05) is 24.3 Å². The second kappa shape index (κ2) is 12.3. The highest BCUT2D eigenvalue weighted by atomic mass is 16.4. The lowest BCUT2D eigenvalue weighted by atomic mass is 10.0. The fourth-order valence-electron chi connectivity index (χ4n) is 3.33. The highest BCUT2D eigenvalue weighted by Crippen LogP contribution is 2.18. The van der Waals surface area contributed by atoms with Gasteiger partial charge in [-0.15, -0.1) is 0 Å². The van der Waals surface area contributed by atoms with Gasteiger partial charge in [-0.05, 0) is 25.0 Å². The summed E-state index contributed by atoms with van der Waals surface area (Å²) in [6, 6.07) is 2.48. The van der Waals surface area contributed by atoms with Gasteiger partial charge in [0.15, 0.2) is 0 Å². The Bertz CT molecular complexity index is 1110. The smallest absolute Gasteiger partial charge is 0.305 e. The molecule has 1 heterocycles. The van der Waals surface area contributed by atoms with Crippen molar-refractivity contribution >= 4 is 46.8 Å². The number of amides is 4. The van der Waals surface area contributed by atoms with Crippen molar-refractivity contribution in [2.75, 3.05) is 0 Å². The van der Waals surface area contributed by atoms with Crippen molar-refractivity contribution in [1.82, 2.24) is 20.9 Å². The number of carboxylic acids is 1. The zero-order valence-corrected chi connectivity index (χ0v) is 18.9. The Kier molecular flexibility index (Phi) is 9.46. The molecule has 0 aliphatic heterocycles. The van der Waals surface area contributed by atoms with Crippen molar-refractivity contribution in [1.29, 1.82) is 0 Å². The van der Waals surface area contributed by atoms with Crippen LogP contribution < -0.4 is 27.4 Å². The number of aromatic nitrogens is 1. The van der Waals surface area contributed by atoms with Crippen molar-refractivity contribution in [3.63, 3.8) is 0 Å². The zero-order valence-electron chi connectivity index (χ0n) is 18.9. The summed E-state index contributed by atoms with van der Waals surface area (Å²) in [6.07, 6.45) is 0.902. The van der Waals surface area contributed by atoms with E-state index in [9.17, 15) is 28.8 Å². The maximum Gasteiger partial charge on any atom is 0.305 e. The largest absolute Gasteiger partial charge is 0.481 e. The molecule has 0 bridgehead atoms. The molecule has 0 fully saturated rings. The van der Waals surface area contributed by atoms with Crippen molar-refractivity contribution < 1.29 is 33.9 Å². The molecule has 1 aromatic heterocycles. The van der Waals surface area contributed by atoms with Crippen LogP contribution in [0.2, 0.25) is 0 Å². The van der Waals surface area contributed by atoms with E-state index in [-0.39, 0.29) is 12.7 Å². The molecule has 1 aromatic carbocycles. The van der Waals surface area contributed by atoms with Gasteiger partial charge < -0.3 is 42.3 Å². The summed E-state index contributed by atoms with van der Waals surface area (Å²) in [4.78, 5) is 73.7. The predicted octanol–water partition coefficient (Wildman–Crippen LogP) is -1.94. The van der Waals surface area contributed by atoms with Crippen LogP contribution in [0.15, 0.2) is 30.5 Å². The Morgan fingerprint density at radius 3 is 2.34 bits per heavy atom. The van der Waals surface area contributed by atoms with Gasteiger partial charge in [0.1, 0.15) is 18.4 Å². The van der Waals surface area contributed by atoms with E-state index in [4.69, 9.17) is 16.6 Å². The van der Waals surface area contributed by atoms with E-state index >= 15 is 0 Å². The minimum Gasteiger partial charge on any atom is -0.481 e. The fourth-order valence-corrected chi connectivity index (χ4v) is 3.33. The zero-order chi connectivity index (χ0) is 26.1. The van der Waals surface area contributed by atoms with Crippen LogP contribution in [0.4, 0.5) is 0 Å². The monoisotopic (exact) mass is 488 g/mol. The third-order valence-corrected chi connectivity index (χ3v) is 5.13. The van der Waals surface area contributed by atoms with Crippen LogP contribution in [0.25, 0.3) is 10.9 Å². The van der Waals surface area contributed by atoms with Gasteiger partial charge in [-0.1, -0.05) is 18.2 Å². The Balaban J connectivity index is 1.98. The number of fused-ring (bicyclic) bond motifs is 1. The van der Waals surface area contributed by atoms with E-state index in [0.29, 0.717) is 0 Å². The molecule has 0 aliphatic carbocycles. The van der Waals surface area contributed by atoms with E-state index in [0.717, 1.165) is 16.5 Å². The molecule has 9 N–H and O–H groups in total. The molecular formula is C22H28N6O7. The number of para-hydroxylation sites is 1. The van der Waals surface area contributed by atoms with Crippen molar-refractivity contribution in [3.05, 3.63) is 36.0 Å². The maximum atomic E-state index is 12.5. The van der Waals surface area contributed by atoms with Crippen molar-refractivity contribution in [2.24, 2.45) is 11.5 Å². The molecule has 0 saturated carbocycles. The Morgan fingerprint density at radius 1 is 1.03 bits per heavy atom. The molecule has 0 saturated heterocycles. The molecule has 0 aliphatic rings. The molecule has 35 heavy (non-hydrogen) atoms. The quantitative estimate of drug-likeness (QED) is 0.157. The number of aromatic amines is 1. The van der Waals surface area contributed by atoms with Crippen LogP contribution in [-0.4, -0.2) is 70.1 Å². The van der Waals surface area contributed by atoms with Crippen LogP contribution in [0, 0.1) is 0 Å². The number of carboxylic acid groups (broad SMARTS) is 1. The molecule has 0 spiro atoms. The number of aliphatic carboxylic acids is 1. The number of rotatable bonds is 13. The lowest BCUT2D eigenvalue weighted by Gasteiger charge is -2.22. The average Bonchev–Trinajstić information content (AvgIpc) is 3.20. The van der Waals surface area contributed by atoms with E-state index in [2.05, 4.69) is 20.9 Å². The fraction of sp³-hybridized carbons (Fsp3) is 0.364. The van der Waals surface area contributed by atoms with Gasteiger partial charge in [-0.25, -0.2) is 0 Å². The summed E-state index contributed by atoms with van der Waals surface area (Å²) >= 11 is 0. The van der Waals surface area contributed by atoms with Gasteiger partial charge in [-0.2, -0.15) is 0 Å². The molecule has 188 valence electrons. The first-order valence-electron chi connectivity index (χ1n) is 10.7. The Labute approximate surface area is 200 Å². The minimum atomic E-state index is -1.57. The number of nitrogens with two attached hydrogens (primary N) is 2. The molecule has 0 radical (unpaired) electrons. The number of benzene rings is 1. The SMILES string of the molecule is C[C@H](NC(=O)[C@@H](N)Cc1c[nH]c2ccccc12)C(=O)N[C@@H](CC(=O)O)C(=O)N[C@H](C=O)CC(N)=O. The van der Waals surface area contributed by atoms with Crippen molar-refractivity contribution in [2.45, 2.75) is 50.4 Å². The Hall–Kier alpha value is -4.26. The van der Waals surface area contributed by atoms with Gasteiger partial charge in [-0.3, -0.25) is 24.0 Å². The molecule has 13 nitrogen and oxygen atoms in total. The average molecular weight is 489 g/mol. The van der Waals surface area contributed by atoms with Gasteiger partial charge in [0, 0.05) is 17.1 Å². The molecule has 2 rings (SSSR count). The molecule has 4 amide bonds. The van der Waals surface area contributed by atoms with E-state index in [1.54, 1.807) is 6.20 Å². The number of carbonyl (C=O) groups excluding carboxylic acids is 5. The third-order valence-electron chi connectivity index (χ3n) is 5.13. The number of primary amides is 1. The van der Waals surface area contributed by atoms with E-state index in [1.165, 1.54) is 6.92 Å². The summed E-state index contributed by atoms with van der Waals surface area (Å²) in [5.74, 6) is -4.74. The molecule has 13 heteroatoms. The predicted molar refractivity (Wildman–Crippen MR) is 124 cm³/mol. The number of hydrogen-bond acceptors (Lipinski definition) is 7. The lowest BCUT2D eigenvalue weighted by Crippen LogP contribution is -2.56. The molecule has 2 aromatic rings. The second-order valence-electron chi connectivity index (χ2n) is 7.98. The summed E-state index contributed by atoms with van der Waals surface area (Å²) in [6.45, 7) is 1.34. The van der Waals surface area contributed by atoms with Crippen LogP contribution >= 0.6 is 0 Å². The van der Waals surface area contributed by atoms with Crippen LogP contribution in [0.1, 0.15) is 25.3 Å². The normalized spacial score (nSPS) is 14.2. The van der Waals surface area contributed by atoms with Gasteiger partial charge in [0.05, 0.1) is 24.9 Å². The lowest BCUT2D eigenvalue weighted by molar-refractivity contribution is -0.141. The van der Waals surface area contributed by atoms with Crippen molar-refractivity contribution in [3.8, 4) is 0 Å². The summed E-state index contributed by atoms with van der Waals surface area (Å²) in [5, 5.41) is 16.8. The standard InChI is InChI=1S/C22H28N6O7/c1-11(26-21(34)15(23)6-12-9-25-16-5-3-2-4-14(12)16)20(33)28-17(8-19(31)32)22(35)27-13(10-29)7-18(24)30/h2-5,9-11,13,15,17,25H,6-8,23H2,1H3,(H2,24,30)(H,26,34)(H,27,35)(H,28,33)(H,31,32)/t11-,13-,15-,17-/m0/s1. The van der Waals surface area contributed by atoms with Crippen LogP contribution in [-0.2, 0) is 35.2 Å². The van der Waals surface area contributed by atoms with Gasteiger partial charge in [0.25, 0.3) is 0 Å². The molecule has 4 atom stereocenters. The highest BCUT2D eigenvalue weighted by Gasteiger charge is 2.29. The molecule has 0 unspecified atom stereocenters. The maximum absolute atomic E-state index is 12.5. The number of nitrogens with one attached hydrogen (secondary N) is 4. The molecular weight excluding hydrogens is 460 g/mol. The number of carbonyl (C=O) groups is 6. The Morgan fingerprint density at radius 2 is 1.71 bits per heavy atom. The van der Waals surface area contributed by atoms with E-state index < -0.39 is 66.6 Å². The first-order chi connectivity index (χ1) is 16.5. The van der Waals surface area contributed by atoms with Gasteiger partial charge in [0.2, 0.25) is 23.6 Å². The first-order valence-corrected chi connectivity index (χ1v) is 10.7. The highest BCUT2D eigenvalue weighted by molar-refractivity contribution is 5.95. The van der Waals surface area contributed by atoms with Crippen LogP contribution in [0.3, 0.4) is 0 Å². The summed E-state index contributed by atoms with van der Waals surface area (Å²) in [5.41, 5.74) is 12.7. The second-order valence-corrected chi connectivity index (χ2v) is 7.98.